The highest BCUT2D eigenvalue weighted by atomic mass is 19.1. The van der Waals surface area contributed by atoms with Crippen molar-refractivity contribution in [1.82, 2.24) is 4.98 Å². The molecule has 2 N–H and O–H groups in total. The van der Waals surface area contributed by atoms with Gasteiger partial charge < -0.3 is 10.4 Å². The third kappa shape index (κ3) is 2.82. The average molecular weight is 246 g/mol. The summed E-state index contributed by atoms with van der Waals surface area (Å²) in [5.41, 5.74) is 1.51. The van der Waals surface area contributed by atoms with Gasteiger partial charge in [-0.05, 0) is 24.3 Å². The number of hydrogen-bond donors (Lipinski definition) is 2. The van der Waals surface area contributed by atoms with Crippen LogP contribution >= 0.6 is 0 Å². The SMILES string of the molecule is O=C(O)CNc1ccc(-c2ccccc2F)nc1. The van der Waals surface area contributed by atoms with Gasteiger partial charge in [0, 0.05) is 5.56 Å². The Balaban J connectivity index is 2.17. The second-order valence-electron chi connectivity index (χ2n) is 3.66. The van der Waals surface area contributed by atoms with Crippen molar-refractivity contribution in [3.8, 4) is 11.3 Å². The lowest BCUT2D eigenvalue weighted by atomic mass is 10.1. The summed E-state index contributed by atoms with van der Waals surface area (Å²) in [5, 5.41) is 11.2. The van der Waals surface area contributed by atoms with Gasteiger partial charge in [0.05, 0.1) is 17.6 Å². The van der Waals surface area contributed by atoms with Crippen LogP contribution in [0.2, 0.25) is 0 Å². The Morgan fingerprint density at radius 1 is 1.28 bits per heavy atom. The Morgan fingerprint density at radius 3 is 2.67 bits per heavy atom. The van der Waals surface area contributed by atoms with E-state index in [0.29, 0.717) is 16.9 Å². The van der Waals surface area contributed by atoms with Crippen molar-refractivity contribution in [3.63, 3.8) is 0 Å². The summed E-state index contributed by atoms with van der Waals surface area (Å²) < 4.78 is 13.5. The summed E-state index contributed by atoms with van der Waals surface area (Å²) >= 11 is 0. The molecule has 2 rings (SSSR count). The Labute approximate surface area is 103 Å². The molecule has 4 nitrogen and oxygen atoms in total. The number of rotatable bonds is 4. The lowest BCUT2D eigenvalue weighted by molar-refractivity contribution is -0.134. The molecule has 0 unspecified atom stereocenters. The van der Waals surface area contributed by atoms with Gasteiger partial charge in [-0.25, -0.2) is 4.39 Å². The van der Waals surface area contributed by atoms with Gasteiger partial charge in [-0.3, -0.25) is 9.78 Å². The van der Waals surface area contributed by atoms with Crippen molar-refractivity contribution in [1.29, 1.82) is 0 Å². The van der Waals surface area contributed by atoms with Gasteiger partial charge in [0.2, 0.25) is 0 Å². The molecule has 0 aliphatic carbocycles. The molecule has 0 aliphatic heterocycles. The number of aromatic nitrogens is 1. The van der Waals surface area contributed by atoms with Crippen LogP contribution < -0.4 is 5.32 Å². The molecular formula is C13H11FN2O2. The second-order valence-corrected chi connectivity index (χ2v) is 3.66. The van der Waals surface area contributed by atoms with Gasteiger partial charge >= 0.3 is 5.97 Å². The molecule has 0 bridgehead atoms. The highest BCUT2D eigenvalue weighted by Gasteiger charge is 2.05. The summed E-state index contributed by atoms with van der Waals surface area (Å²) in [6, 6.07) is 9.66. The molecule has 92 valence electrons. The van der Waals surface area contributed by atoms with Crippen LogP contribution in [0.1, 0.15) is 0 Å². The normalized spacial score (nSPS) is 10.1. The number of halogens is 1. The van der Waals surface area contributed by atoms with Gasteiger partial charge in [-0.2, -0.15) is 0 Å². The smallest absolute Gasteiger partial charge is 0.322 e. The molecule has 0 aliphatic rings. The zero-order chi connectivity index (χ0) is 13.0. The van der Waals surface area contributed by atoms with Gasteiger partial charge in [0.15, 0.2) is 0 Å². The fraction of sp³-hybridized carbons (Fsp3) is 0.0769. The van der Waals surface area contributed by atoms with Crippen molar-refractivity contribution in [2.45, 2.75) is 0 Å². The van der Waals surface area contributed by atoms with E-state index < -0.39 is 5.97 Å². The number of carbonyl (C=O) groups is 1. The number of nitrogens with zero attached hydrogens (tertiary/aromatic N) is 1. The third-order valence-electron chi connectivity index (χ3n) is 2.36. The minimum Gasteiger partial charge on any atom is -0.480 e. The Kier molecular flexibility index (Phi) is 3.52. The number of aliphatic carboxylic acids is 1. The van der Waals surface area contributed by atoms with Gasteiger partial charge in [-0.1, -0.05) is 12.1 Å². The molecule has 5 heteroatoms. The summed E-state index contributed by atoms with van der Waals surface area (Å²) in [5.74, 6) is -1.29. The first-order chi connectivity index (χ1) is 8.66. The van der Waals surface area contributed by atoms with Crippen LogP contribution in [0.15, 0.2) is 42.6 Å². The van der Waals surface area contributed by atoms with Crippen molar-refractivity contribution in [2.75, 3.05) is 11.9 Å². The van der Waals surface area contributed by atoms with Crippen LogP contribution in [0.4, 0.5) is 10.1 Å². The number of carboxylic acids is 1. The van der Waals surface area contributed by atoms with E-state index in [0.717, 1.165) is 0 Å². The fourth-order valence-electron chi connectivity index (χ4n) is 1.50. The number of benzene rings is 1. The minimum absolute atomic E-state index is 0.180. The maximum atomic E-state index is 13.5. The number of nitrogens with one attached hydrogen (secondary N) is 1. The van der Waals surface area contributed by atoms with Crippen LogP contribution in [0.25, 0.3) is 11.3 Å². The standard InChI is InChI=1S/C13H11FN2O2/c14-11-4-2-1-3-10(11)12-6-5-9(7-16-12)15-8-13(17)18/h1-7,15H,8H2,(H,17,18). The zero-order valence-corrected chi connectivity index (χ0v) is 9.43. The van der Waals surface area contributed by atoms with Crippen LogP contribution in [-0.4, -0.2) is 22.6 Å². The highest BCUT2D eigenvalue weighted by Crippen LogP contribution is 2.21. The van der Waals surface area contributed by atoms with E-state index in [-0.39, 0.29) is 12.4 Å². The molecule has 0 saturated carbocycles. The molecule has 0 radical (unpaired) electrons. The lowest BCUT2D eigenvalue weighted by Crippen LogP contribution is -2.12. The van der Waals surface area contributed by atoms with Crippen molar-refractivity contribution in [3.05, 3.63) is 48.4 Å². The second kappa shape index (κ2) is 5.27. The molecule has 2 aromatic rings. The number of pyridine rings is 1. The predicted molar refractivity (Wildman–Crippen MR) is 65.8 cm³/mol. The largest absolute Gasteiger partial charge is 0.480 e. The topological polar surface area (TPSA) is 62.2 Å². The van der Waals surface area contributed by atoms with Crippen LogP contribution in [0, 0.1) is 5.82 Å². The first-order valence-electron chi connectivity index (χ1n) is 5.33. The Morgan fingerprint density at radius 2 is 2.06 bits per heavy atom. The number of hydrogen-bond acceptors (Lipinski definition) is 3. The van der Waals surface area contributed by atoms with E-state index >= 15 is 0 Å². The summed E-state index contributed by atoms with van der Waals surface area (Å²) in [7, 11) is 0. The summed E-state index contributed by atoms with van der Waals surface area (Å²) in [6.07, 6.45) is 1.48. The number of carboxylic acid groups (broad SMARTS) is 1. The first kappa shape index (κ1) is 12.0. The summed E-state index contributed by atoms with van der Waals surface area (Å²) in [4.78, 5) is 14.5. The third-order valence-corrected chi connectivity index (χ3v) is 2.36. The maximum absolute atomic E-state index is 13.5. The van der Waals surface area contributed by atoms with E-state index in [9.17, 15) is 9.18 Å². The van der Waals surface area contributed by atoms with Crippen LogP contribution in [0.5, 0.6) is 0 Å². The molecule has 1 aromatic carbocycles. The predicted octanol–water partition coefficient (Wildman–Crippen LogP) is 2.38. The van der Waals surface area contributed by atoms with E-state index in [1.165, 1.54) is 12.3 Å². The van der Waals surface area contributed by atoms with Crippen LogP contribution in [-0.2, 0) is 4.79 Å². The molecule has 0 saturated heterocycles. The minimum atomic E-state index is -0.951. The number of anilines is 1. The zero-order valence-electron chi connectivity index (χ0n) is 9.43. The fourth-order valence-corrected chi connectivity index (χ4v) is 1.50. The molecule has 0 atom stereocenters. The molecule has 0 amide bonds. The maximum Gasteiger partial charge on any atom is 0.322 e. The molecule has 1 heterocycles. The lowest BCUT2D eigenvalue weighted by Gasteiger charge is -2.05. The summed E-state index contributed by atoms with van der Waals surface area (Å²) in [6.45, 7) is -0.180. The molecule has 18 heavy (non-hydrogen) atoms. The first-order valence-corrected chi connectivity index (χ1v) is 5.33. The molecule has 0 fully saturated rings. The van der Waals surface area contributed by atoms with E-state index in [1.54, 1.807) is 30.3 Å². The van der Waals surface area contributed by atoms with Crippen molar-refractivity contribution < 1.29 is 14.3 Å². The van der Waals surface area contributed by atoms with Gasteiger partial charge in [0.1, 0.15) is 12.4 Å². The molecule has 0 spiro atoms. The quantitative estimate of drug-likeness (QED) is 0.869. The monoisotopic (exact) mass is 246 g/mol. The van der Waals surface area contributed by atoms with E-state index in [1.807, 2.05) is 0 Å². The Hall–Kier alpha value is -2.43. The van der Waals surface area contributed by atoms with E-state index in [2.05, 4.69) is 10.3 Å². The molecule has 1 aromatic heterocycles. The van der Waals surface area contributed by atoms with Crippen molar-refractivity contribution >= 4 is 11.7 Å². The van der Waals surface area contributed by atoms with Gasteiger partial charge in [0.25, 0.3) is 0 Å². The molecular weight excluding hydrogens is 235 g/mol. The van der Waals surface area contributed by atoms with Crippen LogP contribution in [0.3, 0.4) is 0 Å². The van der Waals surface area contributed by atoms with Crippen molar-refractivity contribution in [2.24, 2.45) is 0 Å². The highest BCUT2D eigenvalue weighted by molar-refractivity contribution is 5.73. The average Bonchev–Trinajstić information content (AvgIpc) is 2.38. The Bertz CT molecular complexity index is 555. The van der Waals surface area contributed by atoms with E-state index in [4.69, 9.17) is 5.11 Å². The van der Waals surface area contributed by atoms with Gasteiger partial charge in [-0.15, -0.1) is 0 Å².